The number of aromatic nitrogens is 3. The van der Waals surface area contributed by atoms with Crippen LogP contribution in [0.15, 0.2) is 24.4 Å². The number of hydrogen-bond donors (Lipinski definition) is 1. The average Bonchev–Trinajstić information content (AvgIpc) is 2.66. The van der Waals surface area contributed by atoms with E-state index in [2.05, 4.69) is 10.2 Å². The number of primary amides is 1. The number of carbonyl (C=O) groups excluding carboxylic acids is 1. The van der Waals surface area contributed by atoms with Crippen molar-refractivity contribution in [2.75, 3.05) is 0 Å². The SMILES string of the molecule is NC(=O)c1cnn(-c2c(F)cccc2F)n1. The number of halogens is 2. The second-order valence-electron chi connectivity index (χ2n) is 2.95. The minimum absolute atomic E-state index is 0.164. The number of amides is 1. The number of nitrogens with two attached hydrogens (primary N) is 1. The highest BCUT2D eigenvalue weighted by Gasteiger charge is 2.14. The van der Waals surface area contributed by atoms with E-state index in [1.165, 1.54) is 6.07 Å². The fourth-order valence-electron chi connectivity index (χ4n) is 1.16. The van der Waals surface area contributed by atoms with Gasteiger partial charge in [0, 0.05) is 0 Å². The predicted molar refractivity (Wildman–Crippen MR) is 49.8 cm³/mol. The van der Waals surface area contributed by atoms with Gasteiger partial charge in [0.1, 0.15) is 0 Å². The third-order valence-electron chi connectivity index (χ3n) is 1.88. The number of benzene rings is 1. The van der Waals surface area contributed by atoms with Crippen molar-refractivity contribution in [1.82, 2.24) is 15.0 Å². The second kappa shape index (κ2) is 3.69. The van der Waals surface area contributed by atoms with E-state index >= 15 is 0 Å². The van der Waals surface area contributed by atoms with Gasteiger partial charge in [-0.2, -0.15) is 5.10 Å². The molecule has 1 amide bonds. The van der Waals surface area contributed by atoms with Crippen LogP contribution in [-0.4, -0.2) is 20.9 Å². The molecule has 0 saturated carbocycles. The minimum atomic E-state index is -0.827. The van der Waals surface area contributed by atoms with E-state index < -0.39 is 23.2 Å². The molecule has 1 aromatic carbocycles. The molecule has 0 aliphatic rings. The van der Waals surface area contributed by atoms with Crippen LogP contribution >= 0.6 is 0 Å². The Morgan fingerprint density at radius 1 is 1.31 bits per heavy atom. The van der Waals surface area contributed by atoms with Gasteiger partial charge < -0.3 is 5.73 Å². The van der Waals surface area contributed by atoms with Gasteiger partial charge in [-0.1, -0.05) is 6.07 Å². The molecule has 16 heavy (non-hydrogen) atoms. The smallest absolute Gasteiger partial charge is 0.270 e. The van der Waals surface area contributed by atoms with E-state index in [1.807, 2.05) is 0 Å². The third kappa shape index (κ3) is 1.62. The molecule has 0 atom stereocenters. The van der Waals surface area contributed by atoms with E-state index in [-0.39, 0.29) is 5.69 Å². The Balaban J connectivity index is 2.54. The van der Waals surface area contributed by atoms with E-state index in [4.69, 9.17) is 5.73 Å². The molecule has 0 aliphatic carbocycles. The molecule has 2 aromatic rings. The summed E-state index contributed by atoms with van der Waals surface area (Å²) in [5.74, 6) is -2.47. The summed E-state index contributed by atoms with van der Waals surface area (Å²) in [6.07, 6.45) is 1.04. The second-order valence-corrected chi connectivity index (χ2v) is 2.95. The van der Waals surface area contributed by atoms with Crippen LogP contribution in [-0.2, 0) is 0 Å². The molecular weight excluding hydrogens is 218 g/mol. The summed E-state index contributed by atoms with van der Waals surface area (Å²) >= 11 is 0. The first-order valence-corrected chi connectivity index (χ1v) is 4.26. The quantitative estimate of drug-likeness (QED) is 0.813. The Hall–Kier alpha value is -2.31. The maximum atomic E-state index is 13.3. The van der Waals surface area contributed by atoms with Crippen LogP contribution in [0.3, 0.4) is 0 Å². The van der Waals surface area contributed by atoms with E-state index in [0.717, 1.165) is 18.3 Å². The normalized spacial score (nSPS) is 10.4. The molecule has 2 rings (SSSR count). The van der Waals surface area contributed by atoms with Gasteiger partial charge >= 0.3 is 0 Å². The summed E-state index contributed by atoms with van der Waals surface area (Å²) in [5, 5.41) is 7.11. The van der Waals surface area contributed by atoms with Crippen LogP contribution < -0.4 is 5.73 Å². The maximum absolute atomic E-state index is 13.3. The summed E-state index contributed by atoms with van der Waals surface area (Å²) < 4.78 is 26.6. The number of hydrogen-bond acceptors (Lipinski definition) is 3. The van der Waals surface area contributed by atoms with Crippen molar-refractivity contribution in [3.8, 4) is 5.69 Å². The lowest BCUT2D eigenvalue weighted by Crippen LogP contribution is -2.13. The summed E-state index contributed by atoms with van der Waals surface area (Å²) in [5.41, 5.74) is 4.33. The van der Waals surface area contributed by atoms with Crippen molar-refractivity contribution in [3.63, 3.8) is 0 Å². The zero-order valence-corrected chi connectivity index (χ0v) is 7.89. The molecule has 0 radical (unpaired) electrons. The number of para-hydroxylation sites is 1. The molecule has 0 fully saturated rings. The number of rotatable bonds is 2. The Morgan fingerprint density at radius 3 is 2.44 bits per heavy atom. The highest BCUT2D eigenvalue weighted by atomic mass is 19.1. The molecule has 0 saturated heterocycles. The largest absolute Gasteiger partial charge is 0.364 e. The van der Waals surface area contributed by atoms with Gasteiger partial charge in [-0.3, -0.25) is 4.79 Å². The Bertz CT molecular complexity index is 532. The average molecular weight is 224 g/mol. The van der Waals surface area contributed by atoms with Crippen molar-refractivity contribution < 1.29 is 13.6 Å². The lowest BCUT2D eigenvalue weighted by atomic mass is 10.3. The van der Waals surface area contributed by atoms with Crippen LogP contribution in [0.5, 0.6) is 0 Å². The van der Waals surface area contributed by atoms with Gasteiger partial charge in [0.2, 0.25) is 0 Å². The molecule has 1 heterocycles. The minimum Gasteiger partial charge on any atom is -0.364 e. The first-order valence-electron chi connectivity index (χ1n) is 4.26. The van der Waals surface area contributed by atoms with E-state index in [9.17, 15) is 13.6 Å². The predicted octanol–water partition coefficient (Wildman–Crippen LogP) is 0.644. The van der Waals surface area contributed by atoms with Crippen LogP contribution in [0, 0.1) is 11.6 Å². The monoisotopic (exact) mass is 224 g/mol. The van der Waals surface area contributed by atoms with Crippen molar-refractivity contribution in [3.05, 3.63) is 41.7 Å². The Labute approximate surface area is 88.5 Å². The fourth-order valence-corrected chi connectivity index (χ4v) is 1.16. The molecule has 7 heteroatoms. The van der Waals surface area contributed by atoms with Crippen molar-refractivity contribution in [2.24, 2.45) is 5.73 Å². The van der Waals surface area contributed by atoms with E-state index in [0.29, 0.717) is 4.80 Å². The van der Waals surface area contributed by atoms with Gasteiger partial charge in [-0.05, 0) is 12.1 Å². The molecule has 0 aliphatic heterocycles. The standard InChI is InChI=1S/C9H6F2N4O/c10-5-2-1-3-6(11)8(5)15-13-4-7(14-15)9(12)16/h1-4H,(H2,12,16). The molecule has 1 aromatic heterocycles. The van der Waals surface area contributed by atoms with Gasteiger partial charge in [0.05, 0.1) is 6.20 Å². The molecule has 0 unspecified atom stereocenters. The van der Waals surface area contributed by atoms with E-state index in [1.54, 1.807) is 0 Å². The summed E-state index contributed by atoms with van der Waals surface area (Å²) in [7, 11) is 0. The summed E-state index contributed by atoms with van der Waals surface area (Å²) in [6.45, 7) is 0. The van der Waals surface area contributed by atoms with Crippen LogP contribution in [0.4, 0.5) is 8.78 Å². The molecule has 0 spiro atoms. The van der Waals surface area contributed by atoms with Crippen LogP contribution in [0.2, 0.25) is 0 Å². The number of nitrogens with zero attached hydrogens (tertiary/aromatic N) is 3. The van der Waals surface area contributed by atoms with Gasteiger partial charge in [-0.25, -0.2) is 8.78 Å². The lowest BCUT2D eigenvalue weighted by molar-refractivity contribution is 0.0995. The number of carbonyl (C=O) groups is 1. The highest BCUT2D eigenvalue weighted by molar-refractivity contribution is 5.90. The van der Waals surface area contributed by atoms with Crippen LogP contribution in [0.1, 0.15) is 10.5 Å². The topological polar surface area (TPSA) is 73.8 Å². The molecule has 5 nitrogen and oxygen atoms in total. The zero-order valence-electron chi connectivity index (χ0n) is 7.89. The first-order chi connectivity index (χ1) is 7.59. The summed E-state index contributed by atoms with van der Waals surface area (Å²) in [4.78, 5) is 11.4. The van der Waals surface area contributed by atoms with Gasteiger partial charge in [0.15, 0.2) is 23.0 Å². The zero-order chi connectivity index (χ0) is 11.7. The highest BCUT2D eigenvalue weighted by Crippen LogP contribution is 2.15. The third-order valence-corrected chi connectivity index (χ3v) is 1.88. The molecule has 82 valence electrons. The fraction of sp³-hybridized carbons (Fsp3) is 0. The first kappa shape index (κ1) is 10.2. The Morgan fingerprint density at radius 2 is 1.94 bits per heavy atom. The lowest BCUT2D eigenvalue weighted by Gasteiger charge is -2.01. The van der Waals surface area contributed by atoms with Crippen molar-refractivity contribution in [1.29, 1.82) is 0 Å². The maximum Gasteiger partial charge on any atom is 0.270 e. The molecule has 0 bridgehead atoms. The Kier molecular flexibility index (Phi) is 2.35. The van der Waals surface area contributed by atoms with Gasteiger partial charge in [-0.15, -0.1) is 9.90 Å². The van der Waals surface area contributed by atoms with Crippen molar-refractivity contribution >= 4 is 5.91 Å². The summed E-state index contributed by atoms with van der Waals surface area (Å²) in [6, 6.07) is 3.34. The van der Waals surface area contributed by atoms with Crippen LogP contribution in [0.25, 0.3) is 5.69 Å². The molecular formula is C9H6F2N4O. The van der Waals surface area contributed by atoms with Crippen molar-refractivity contribution in [2.45, 2.75) is 0 Å². The van der Waals surface area contributed by atoms with Gasteiger partial charge in [0.25, 0.3) is 5.91 Å². The molecule has 2 N–H and O–H groups in total.